The van der Waals surface area contributed by atoms with Crippen molar-refractivity contribution in [3.8, 4) is 0 Å². The molecule has 0 aromatic carbocycles. The highest BCUT2D eigenvalue weighted by molar-refractivity contribution is 5.76. The molecular weight excluding hydrogens is 452 g/mol. The van der Waals surface area contributed by atoms with Crippen LogP contribution in [0.4, 0.5) is 0 Å². The van der Waals surface area contributed by atoms with E-state index in [4.69, 9.17) is 9.47 Å². The van der Waals surface area contributed by atoms with E-state index >= 15 is 0 Å². The number of hydrogen-bond donors (Lipinski definition) is 2. The van der Waals surface area contributed by atoms with E-state index in [1.165, 1.54) is 14.0 Å². The van der Waals surface area contributed by atoms with Gasteiger partial charge in [-0.3, -0.25) is 14.6 Å². The molecule has 10 nitrogen and oxygen atoms in total. The van der Waals surface area contributed by atoms with Gasteiger partial charge in [0, 0.05) is 78.7 Å². The molecule has 0 unspecified atom stereocenters. The summed E-state index contributed by atoms with van der Waals surface area (Å²) in [6.07, 6.45) is 3.08. The van der Waals surface area contributed by atoms with E-state index in [1.807, 2.05) is 30.3 Å². The number of aliphatic hydroxyl groups is 2. The van der Waals surface area contributed by atoms with Gasteiger partial charge in [0.15, 0.2) is 0 Å². The summed E-state index contributed by atoms with van der Waals surface area (Å²) in [6.45, 7) is 4.97. The second-order valence-corrected chi connectivity index (χ2v) is 9.16. The highest BCUT2D eigenvalue weighted by atomic mass is 16.5. The van der Waals surface area contributed by atoms with Gasteiger partial charge in [-0.05, 0) is 37.9 Å². The molecule has 1 aromatic rings. The maximum atomic E-state index is 13.0. The lowest BCUT2D eigenvalue weighted by Crippen LogP contribution is -2.48. The number of nitrogens with zero attached hydrogens (tertiary/aromatic N) is 4. The molecule has 2 heterocycles. The molecule has 3 atom stereocenters. The molecule has 0 aliphatic carbocycles. The van der Waals surface area contributed by atoms with Crippen LogP contribution in [0.15, 0.2) is 24.5 Å². The van der Waals surface area contributed by atoms with Gasteiger partial charge < -0.3 is 34.4 Å². The van der Waals surface area contributed by atoms with Crippen molar-refractivity contribution in [2.75, 3.05) is 60.1 Å². The molecule has 1 aliphatic rings. The molecular formula is C25H42N4O6. The number of pyridine rings is 1. The van der Waals surface area contributed by atoms with Crippen LogP contribution in [-0.4, -0.2) is 120 Å². The molecule has 0 saturated carbocycles. The van der Waals surface area contributed by atoms with Crippen LogP contribution in [0.25, 0.3) is 0 Å². The number of aliphatic hydroxyl groups excluding tert-OH is 2. The maximum Gasteiger partial charge on any atom is 0.223 e. The maximum absolute atomic E-state index is 13.0. The SMILES string of the molecule is CO[C@H]1CN(C(C)=O)CCCN(C(=O)CCN(C)Cc2cccnc2)CCCCOC[C@H](O)[C@@H]1O. The molecule has 0 spiro atoms. The number of ether oxygens (including phenoxy) is 2. The summed E-state index contributed by atoms with van der Waals surface area (Å²) in [5.74, 6) is -0.0625. The minimum absolute atomic E-state index is 0.0208. The van der Waals surface area contributed by atoms with E-state index in [0.29, 0.717) is 45.6 Å². The van der Waals surface area contributed by atoms with Crippen molar-refractivity contribution in [2.45, 2.75) is 57.5 Å². The first-order valence-corrected chi connectivity index (χ1v) is 12.4. The minimum Gasteiger partial charge on any atom is -0.388 e. The van der Waals surface area contributed by atoms with Crippen LogP contribution in [0.1, 0.15) is 38.2 Å². The average Bonchev–Trinajstić information content (AvgIpc) is 2.85. The summed E-state index contributed by atoms with van der Waals surface area (Å²) >= 11 is 0. The molecule has 2 amide bonds. The predicted molar refractivity (Wildman–Crippen MR) is 132 cm³/mol. The van der Waals surface area contributed by atoms with E-state index in [1.54, 1.807) is 11.1 Å². The Morgan fingerprint density at radius 1 is 1.20 bits per heavy atom. The van der Waals surface area contributed by atoms with Gasteiger partial charge in [0.05, 0.1) is 6.61 Å². The Bertz CT molecular complexity index is 753. The van der Waals surface area contributed by atoms with Crippen LogP contribution >= 0.6 is 0 Å². The zero-order chi connectivity index (χ0) is 25.6. The highest BCUT2D eigenvalue weighted by Crippen LogP contribution is 2.11. The first kappa shape index (κ1) is 29.1. The van der Waals surface area contributed by atoms with Gasteiger partial charge in [-0.2, -0.15) is 0 Å². The lowest BCUT2D eigenvalue weighted by Gasteiger charge is -2.31. The normalized spacial score (nSPS) is 23.5. The van der Waals surface area contributed by atoms with Crippen LogP contribution in [0.2, 0.25) is 0 Å². The van der Waals surface area contributed by atoms with E-state index in [-0.39, 0.29) is 25.0 Å². The molecule has 198 valence electrons. The Balaban J connectivity index is 1.96. The third-order valence-electron chi connectivity index (χ3n) is 6.27. The monoisotopic (exact) mass is 494 g/mol. The number of hydrogen-bond acceptors (Lipinski definition) is 8. The van der Waals surface area contributed by atoms with Crippen LogP contribution in [0.5, 0.6) is 0 Å². The zero-order valence-corrected chi connectivity index (χ0v) is 21.3. The van der Waals surface area contributed by atoms with E-state index in [0.717, 1.165) is 24.9 Å². The van der Waals surface area contributed by atoms with Crippen LogP contribution in [-0.2, 0) is 25.6 Å². The van der Waals surface area contributed by atoms with E-state index in [9.17, 15) is 19.8 Å². The molecule has 1 aromatic heterocycles. The van der Waals surface area contributed by atoms with Crippen molar-refractivity contribution in [2.24, 2.45) is 0 Å². The van der Waals surface area contributed by atoms with Crippen molar-refractivity contribution in [1.82, 2.24) is 19.7 Å². The van der Waals surface area contributed by atoms with Crippen molar-refractivity contribution in [3.05, 3.63) is 30.1 Å². The Kier molecular flexibility index (Phi) is 13.1. The average molecular weight is 495 g/mol. The Hall–Kier alpha value is -2.11. The first-order valence-electron chi connectivity index (χ1n) is 12.4. The molecule has 35 heavy (non-hydrogen) atoms. The number of rotatable bonds is 6. The van der Waals surface area contributed by atoms with Gasteiger partial charge in [0.2, 0.25) is 11.8 Å². The smallest absolute Gasteiger partial charge is 0.223 e. The molecule has 0 bridgehead atoms. The largest absolute Gasteiger partial charge is 0.388 e. The van der Waals surface area contributed by atoms with E-state index in [2.05, 4.69) is 9.88 Å². The second kappa shape index (κ2) is 15.8. The lowest BCUT2D eigenvalue weighted by atomic mass is 10.1. The molecule has 2 N–H and O–H groups in total. The Morgan fingerprint density at radius 2 is 1.94 bits per heavy atom. The first-order chi connectivity index (χ1) is 16.8. The van der Waals surface area contributed by atoms with Crippen LogP contribution < -0.4 is 0 Å². The van der Waals surface area contributed by atoms with Gasteiger partial charge in [-0.15, -0.1) is 0 Å². The van der Waals surface area contributed by atoms with Gasteiger partial charge in [-0.25, -0.2) is 0 Å². The van der Waals surface area contributed by atoms with Gasteiger partial charge >= 0.3 is 0 Å². The topological polar surface area (TPSA) is 116 Å². The fourth-order valence-electron chi connectivity index (χ4n) is 4.11. The third kappa shape index (κ3) is 10.6. The van der Waals surface area contributed by atoms with Crippen molar-refractivity contribution in [3.63, 3.8) is 0 Å². The van der Waals surface area contributed by atoms with Crippen molar-refractivity contribution < 1.29 is 29.3 Å². The quantitative estimate of drug-likeness (QED) is 0.588. The minimum atomic E-state index is -1.17. The summed E-state index contributed by atoms with van der Waals surface area (Å²) in [6, 6.07) is 3.92. The second-order valence-electron chi connectivity index (χ2n) is 9.16. The summed E-state index contributed by atoms with van der Waals surface area (Å²) < 4.78 is 10.9. The van der Waals surface area contributed by atoms with Gasteiger partial charge in [-0.1, -0.05) is 6.07 Å². The van der Waals surface area contributed by atoms with Gasteiger partial charge in [0.1, 0.15) is 18.3 Å². The number of amides is 2. The lowest BCUT2D eigenvalue weighted by molar-refractivity contribution is -0.136. The molecule has 0 radical (unpaired) electrons. The van der Waals surface area contributed by atoms with Crippen LogP contribution in [0.3, 0.4) is 0 Å². The fraction of sp³-hybridized carbons (Fsp3) is 0.720. The van der Waals surface area contributed by atoms with E-state index < -0.39 is 18.3 Å². The molecule has 1 saturated heterocycles. The van der Waals surface area contributed by atoms with Crippen molar-refractivity contribution >= 4 is 11.8 Å². The third-order valence-corrected chi connectivity index (χ3v) is 6.27. The molecule has 2 rings (SSSR count). The number of aromatic nitrogens is 1. The highest BCUT2D eigenvalue weighted by Gasteiger charge is 2.29. The number of carbonyl (C=O) groups excluding carboxylic acids is 2. The predicted octanol–water partition coefficient (Wildman–Crippen LogP) is 0.518. The molecule has 1 fully saturated rings. The molecule has 10 heteroatoms. The number of methoxy groups -OCH3 is 1. The standard InChI is InChI=1S/C25H42N4O6/c1-20(30)29-13-7-12-28(24(32)9-14-27(2)17-21-8-6-10-26-16-21)11-4-5-15-35-19-22(31)25(33)23(18-29)34-3/h6,8,10,16,22-23,25,31,33H,4-5,7,9,11-15,17-19H2,1-3H3/t22-,23-,25-/m0/s1. The fourth-order valence-corrected chi connectivity index (χ4v) is 4.11. The summed E-state index contributed by atoms with van der Waals surface area (Å²) in [5.41, 5.74) is 1.10. The van der Waals surface area contributed by atoms with Gasteiger partial charge in [0.25, 0.3) is 0 Å². The van der Waals surface area contributed by atoms with Crippen molar-refractivity contribution in [1.29, 1.82) is 0 Å². The Morgan fingerprint density at radius 3 is 2.63 bits per heavy atom. The van der Waals surface area contributed by atoms with Crippen LogP contribution in [0, 0.1) is 0 Å². The summed E-state index contributed by atoms with van der Waals surface area (Å²) in [4.78, 5) is 34.9. The zero-order valence-electron chi connectivity index (χ0n) is 21.3. The molecule has 1 aliphatic heterocycles. The Labute approximate surface area is 208 Å². The summed E-state index contributed by atoms with van der Waals surface area (Å²) in [7, 11) is 3.43. The number of carbonyl (C=O) groups is 2. The summed E-state index contributed by atoms with van der Waals surface area (Å²) in [5, 5.41) is 20.7.